The van der Waals surface area contributed by atoms with Gasteiger partial charge >= 0.3 is 0 Å². The van der Waals surface area contributed by atoms with E-state index in [1.54, 1.807) is 18.0 Å². The third kappa shape index (κ3) is 8.57. The van der Waals surface area contributed by atoms with E-state index in [0.29, 0.717) is 76.9 Å². The first kappa shape index (κ1) is 33.8. The van der Waals surface area contributed by atoms with Gasteiger partial charge in [0.05, 0.1) is 31.0 Å². The second-order valence-electron chi connectivity index (χ2n) is 10.5. The minimum absolute atomic E-state index is 0. The summed E-state index contributed by atoms with van der Waals surface area (Å²) in [6, 6.07) is 9.73. The molecule has 1 aromatic carbocycles. The number of para-hydroxylation sites is 1. The van der Waals surface area contributed by atoms with E-state index < -0.39 is 0 Å². The van der Waals surface area contributed by atoms with Gasteiger partial charge in [0.15, 0.2) is 0 Å². The molecule has 12 heteroatoms. The van der Waals surface area contributed by atoms with Gasteiger partial charge in [-0.3, -0.25) is 9.59 Å². The summed E-state index contributed by atoms with van der Waals surface area (Å²) in [5.41, 5.74) is 1.42. The lowest BCUT2D eigenvalue weighted by Gasteiger charge is -2.40. The van der Waals surface area contributed by atoms with E-state index >= 15 is 0 Å². The van der Waals surface area contributed by atoms with Gasteiger partial charge in [-0.15, -0.1) is 24.8 Å². The highest BCUT2D eigenvalue weighted by atomic mass is 35.5. The van der Waals surface area contributed by atoms with Crippen molar-refractivity contribution in [2.75, 3.05) is 71.5 Å². The Hall–Kier alpha value is -2.37. The van der Waals surface area contributed by atoms with Crippen molar-refractivity contribution >= 4 is 42.4 Å². The second-order valence-corrected chi connectivity index (χ2v) is 10.5. The largest absolute Gasteiger partial charge is 0.385 e. The Kier molecular flexibility index (Phi) is 14.2. The zero-order valence-electron chi connectivity index (χ0n) is 23.7. The number of amides is 2. The predicted octanol–water partition coefficient (Wildman–Crippen LogP) is 3.10. The number of carbonyl (C=O) groups excluding carboxylic acids is 2. The highest BCUT2D eigenvalue weighted by molar-refractivity contribution is 5.99. The molecule has 2 atom stereocenters. The molecular weight excluding hydrogens is 555 g/mol. The molecule has 224 valence electrons. The SMILES string of the molecule is COCCCNc1c(C(=O)N(CC(C)C)[C@@H]2CNC[C@H](C(=O)N3CCOCC3)C2)cnn1-c1ccccc1.Cl.Cl. The van der Waals surface area contributed by atoms with Crippen LogP contribution in [0.15, 0.2) is 36.5 Å². The Balaban J connectivity index is 0.00000280. The number of carbonyl (C=O) groups is 2. The molecule has 1 aromatic heterocycles. The van der Waals surface area contributed by atoms with Gasteiger partial charge in [-0.1, -0.05) is 32.0 Å². The lowest BCUT2D eigenvalue weighted by molar-refractivity contribution is -0.140. The number of aromatic nitrogens is 2. The number of benzene rings is 1. The first-order valence-electron chi connectivity index (χ1n) is 13.7. The maximum absolute atomic E-state index is 14.2. The van der Waals surface area contributed by atoms with Crippen molar-refractivity contribution in [3.8, 4) is 5.69 Å². The normalized spacial score (nSPS) is 18.9. The lowest BCUT2D eigenvalue weighted by Crippen LogP contribution is -2.56. The van der Waals surface area contributed by atoms with Crippen molar-refractivity contribution in [3.05, 3.63) is 42.1 Å². The molecule has 2 amide bonds. The van der Waals surface area contributed by atoms with Crippen molar-refractivity contribution in [3.63, 3.8) is 0 Å². The minimum atomic E-state index is -0.159. The van der Waals surface area contributed by atoms with Gasteiger partial charge in [-0.05, 0) is 30.9 Å². The molecule has 40 heavy (non-hydrogen) atoms. The van der Waals surface area contributed by atoms with E-state index in [1.807, 2.05) is 40.1 Å². The highest BCUT2D eigenvalue weighted by Crippen LogP contribution is 2.26. The Bertz CT molecular complexity index is 1050. The molecule has 0 unspecified atom stereocenters. The van der Waals surface area contributed by atoms with E-state index in [0.717, 1.165) is 12.1 Å². The standard InChI is InChI=1S/C28H42N6O4.2ClH/c1-21(2)20-33(24-16-22(17-29-18-24)27(35)32-11-14-38-15-12-32)28(36)25-19-31-34(23-8-5-4-6-9-23)26(25)30-10-7-13-37-3;;/h4-6,8-9,19,21-22,24,29-30H,7,10-18,20H2,1-3H3;2*1H/t22-,24+;;/m1../s1. The summed E-state index contributed by atoms with van der Waals surface area (Å²) in [5.74, 6) is 0.876. The number of methoxy groups -OCH3 is 1. The zero-order chi connectivity index (χ0) is 26.9. The first-order chi connectivity index (χ1) is 18.5. The van der Waals surface area contributed by atoms with Gasteiger partial charge in [0.2, 0.25) is 5.91 Å². The van der Waals surface area contributed by atoms with Gasteiger partial charge in [0, 0.05) is 59.0 Å². The second kappa shape index (κ2) is 16.8. The molecule has 3 heterocycles. The zero-order valence-corrected chi connectivity index (χ0v) is 25.3. The van der Waals surface area contributed by atoms with Crippen LogP contribution in [0.25, 0.3) is 5.69 Å². The molecule has 2 aromatic rings. The van der Waals surface area contributed by atoms with Crippen molar-refractivity contribution in [2.45, 2.75) is 32.7 Å². The van der Waals surface area contributed by atoms with Crippen LogP contribution >= 0.6 is 24.8 Å². The van der Waals surface area contributed by atoms with Gasteiger partial charge in [-0.2, -0.15) is 5.10 Å². The fraction of sp³-hybridized carbons (Fsp3) is 0.607. The number of hydrogen-bond acceptors (Lipinski definition) is 7. The number of halogens is 2. The number of piperidine rings is 1. The Labute approximate surface area is 249 Å². The average Bonchev–Trinajstić information content (AvgIpc) is 3.38. The summed E-state index contributed by atoms with van der Waals surface area (Å²) in [6.45, 7) is 9.83. The Morgan fingerprint density at radius 3 is 2.58 bits per heavy atom. The van der Waals surface area contributed by atoms with Crippen LogP contribution in [0.2, 0.25) is 0 Å². The summed E-state index contributed by atoms with van der Waals surface area (Å²) < 4.78 is 12.4. The van der Waals surface area contributed by atoms with E-state index in [2.05, 4.69) is 29.6 Å². The van der Waals surface area contributed by atoms with Crippen molar-refractivity contribution in [1.29, 1.82) is 0 Å². The Morgan fingerprint density at radius 1 is 1.18 bits per heavy atom. The lowest BCUT2D eigenvalue weighted by atomic mass is 9.92. The van der Waals surface area contributed by atoms with Crippen LogP contribution in [-0.4, -0.2) is 104 Å². The average molecular weight is 600 g/mol. The summed E-state index contributed by atoms with van der Waals surface area (Å²) in [7, 11) is 1.68. The molecule has 4 rings (SSSR count). The predicted molar refractivity (Wildman–Crippen MR) is 161 cm³/mol. The number of nitrogens with one attached hydrogen (secondary N) is 2. The van der Waals surface area contributed by atoms with Gasteiger partial charge in [0.1, 0.15) is 11.4 Å². The van der Waals surface area contributed by atoms with Crippen LogP contribution in [0, 0.1) is 11.8 Å². The van der Waals surface area contributed by atoms with Gasteiger partial charge in [0.25, 0.3) is 5.91 Å². The molecule has 2 saturated heterocycles. The van der Waals surface area contributed by atoms with Crippen LogP contribution in [0.1, 0.15) is 37.0 Å². The van der Waals surface area contributed by atoms with E-state index in [-0.39, 0.29) is 54.5 Å². The van der Waals surface area contributed by atoms with Crippen molar-refractivity contribution < 1.29 is 19.1 Å². The molecule has 0 spiro atoms. The summed E-state index contributed by atoms with van der Waals surface area (Å²) in [4.78, 5) is 31.3. The van der Waals surface area contributed by atoms with Crippen LogP contribution in [0.3, 0.4) is 0 Å². The van der Waals surface area contributed by atoms with Crippen LogP contribution < -0.4 is 10.6 Å². The molecule has 10 nitrogen and oxygen atoms in total. The van der Waals surface area contributed by atoms with E-state index in [1.165, 1.54) is 0 Å². The molecule has 2 aliphatic rings. The number of hydrogen-bond donors (Lipinski definition) is 2. The number of nitrogens with zero attached hydrogens (tertiary/aromatic N) is 4. The van der Waals surface area contributed by atoms with Crippen molar-refractivity contribution in [2.24, 2.45) is 11.8 Å². The molecule has 0 bridgehead atoms. The van der Waals surface area contributed by atoms with Crippen molar-refractivity contribution in [1.82, 2.24) is 24.9 Å². The molecule has 2 fully saturated rings. The molecular formula is C28H44Cl2N6O4. The van der Waals surface area contributed by atoms with Gasteiger partial charge < -0.3 is 29.9 Å². The van der Waals surface area contributed by atoms with Crippen LogP contribution in [0.4, 0.5) is 5.82 Å². The van der Waals surface area contributed by atoms with Gasteiger partial charge in [-0.25, -0.2) is 4.68 Å². The Morgan fingerprint density at radius 2 is 1.90 bits per heavy atom. The number of rotatable bonds is 11. The minimum Gasteiger partial charge on any atom is -0.385 e. The topological polar surface area (TPSA) is 101 Å². The number of ether oxygens (including phenoxy) is 2. The highest BCUT2D eigenvalue weighted by Gasteiger charge is 2.36. The summed E-state index contributed by atoms with van der Waals surface area (Å²) in [6.07, 6.45) is 3.11. The maximum Gasteiger partial charge on any atom is 0.259 e. The molecule has 0 saturated carbocycles. The van der Waals surface area contributed by atoms with Crippen LogP contribution in [0.5, 0.6) is 0 Å². The smallest absolute Gasteiger partial charge is 0.259 e. The third-order valence-corrected chi connectivity index (χ3v) is 7.08. The maximum atomic E-state index is 14.2. The molecule has 2 N–H and O–H groups in total. The van der Waals surface area contributed by atoms with Crippen LogP contribution in [-0.2, 0) is 14.3 Å². The fourth-order valence-electron chi connectivity index (χ4n) is 5.20. The number of anilines is 1. The van der Waals surface area contributed by atoms with E-state index in [4.69, 9.17) is 9.47 Å². The third-order valence-electron chi connectivity index (χ3n) is 7.08. The van der Waals surface area contributed by atoms with E-state index in [9.17, 15) is 9.59 Å². The molecule has 0 aliphatic carbocycles. The monoisotopic (exact) mass is 598 g/mol. The molecule has 0 radical (unpaired) electrons. The molecule has 2 aliphatic heterocycles. The first-order valence-corrected chi connectivity index (χ1v) is 13.7. The summed E-state index contributed by atoms with van der Waals surface area (Å²) >= 11 is 0. The fourth-order valence-corrected chi connectivity index (χ4v) is 5.20. The summed E-state index contributed by atoms with van der Waals surface area (Å²) in [5, 5.41) is 11.5. The number of morpholine rings is 1. The quantitative estimate of drug-likeness (QED) is 0.383.